The third kappa shape index (κ3) is 5.30. The first-order valence-corrected chi connectivity index (χ1v) is 9.63. The van der Waals surface area contributed by atoms with Crippen molar-refractivity contribution in [2.45, 2.75) is 26.4 Å². The molecule has 1 aromatic carbocycles. The van der Waals surface area contributed by atoms with Gasteiger partial charge in [0.05, 0.1) is 11.8 Å². The van der Waals surface area contributed by atoms with Crippen LogP contribution in [-0.2, 0) is 22.6 Å². The maximum absolute atomic E-state index is 12.6. The standard InChI is InChI=1S/C18H19F3N2O2S/c1-13-12-14(2)22-17(13)9-11-23(26(3,24)25)10-8-15-4-6-16(7-5-15)18(19,20)21/h4-7,12,22H,9,11H2,1-3H3. The van der Waals surface area contributed by atoms with Gasteiger partial charge in [-0.15, -0.1) is 0 Å². The molecule has 0 fully saturated rings. The van der Waals surface area contributed by atoms with Gasteiger partial charge in [-0.2, -0.15) is 13.2 Å². The maximum Gasteiger partial charge on any atom is 0.416 e. The Labute approximate surface area is 151 Å². The van der Waals surface area contributed by atoms with Gasteiger partial charge >= 0.3 is 6.18 Å². The van der Waals surface area contributed by atoms with Crippen molar-refractivity contribution in [3.63, 3.8) is 0 Å². The average Bonchev–Trinajstić information content (AvgIpc) is 2.83. The normalized spacial score (nSPS) is 11.8. The van der Waals surface area contributed by atoms with Gasteiger partial charge in [0.2, 0.25) is 10.0 Å². The zero-order valence-corrected chi connectivity index (χ0v) is 15.4. The van der Waals surface area contributed by atoms with E-state index in [9.17, 15) is 21.6 Å². The largest absolute Gasteiger partial charge is 0.416 e. The lowest BCUT2D eigenvalue weighted by Crippen LogP contribution is -2.27. The van der Waals surface area contributed by atoms with Crippen LogP contribution in [0.3, 0.4) is 0 Å². The minimum Gasteiger partial charge on any atom is -0.362 e. The fraction of sp³-hybridized carbons (Fsp3) is 0.333. The molecule has 0 spiro atoms. The SMILES string of the molecule is Cc1cc(C)c(CCN(C#Cc2ccc(C(F)(F)F)cc2)S(C)(=O)=O)[nH]1. The monoisotopic (exact) mass is 384 g/mol. The second kappa shape index (κ2) is 7.46. The van der Waals surface area contributed by atoms with Crippen LogP contribution in [0.1, 0.15) is 28.1 Å². The molecule has 0 amide bonds. The smallest absolute Gasteiger partial charge is 0.362 e. The van der Waals surface area contributed by atoms with E-state index in [2.05, 4.69) is 16.9 Å². The van der Waals surface area contributed by atoms with Crippen molar-refractivity contribution < 1.29 is 21.6 Å². The van der Waals surface area contributed by atoms with Gasteiger partial charge < -0.3 is 4.98 Å². The third-order valence-electron chi connectivity index (χ3n) is 3.76. The Morgan fingerprint density at radius 2 is 1.77 bits per heavy atom. The third-order valence-corrected chi connectivity index (χ3v) is 4.83. The molecule has 0 radical (unpaired) electrons. The summed E-state index contributed by atoms with van der Waals surface area (Å²) in [4.78, 5) is 3.17. The lowest BCUT2D eigenvalue weighted by molar-refractivity contribution is -0.137. The number of benzene rings is 1. The van der Waals surface area contributed by atoms with Gasteiger partial charge in [0.25, 0.3) is 0 Å². The van der Waals surface area contributed by atoms with Crippen LogP contribution in [0.25, 0.3) is 0 Å². The van der Waals surface area contributed by atoms with Gasteiger partial charge in [-0.1, -0.05) is 0 Å². The number of rotatable bonds is 4. The van der Waals surface area contributed by atoms with E-state index < -0.39 is 21.8 Å². The van der Waals surface area contributed by atoms with Gasteiger partial charge in [-0.25, -0.2) is 12.7 Å². The highest BCUT2D eigenvalue weighted by molar-refractivity contribution is 7.88. The van der Waals surface area contributed by atoms with Crippen LogP contribution in [0.4, 0.5) is 13.2 Å². The summed E-state index contributed by atoms with van der Waals surface area (Å²) in [6.45, 7) is 3.99. The summed E-state index contributed by atoms with van der Waals surface area (Å²) in [6, 6.07) is 8.76. The van der Waals surface area contributed by atoms with Crippen molar-refractivity contribution >= 4 is 10.0 Å². The van der Waals surface area contributed by atoms with E-state index in [1.165, 1.54) is 12.1 Å². The molecule has 0 saturated carbocycles. The van der Waals surface area contributed by atoms with E-state index in [-0.39, 0.29) is 6.54 Å². The molecule has 0 bridgehead atoms. The first kappa shape index (κ1) is 19.9. The van der Waals surface area contributed by atoms with E-state index in [1.807, 2.05) is 19.9 Å². The second-order valence-electron chi connectivity index (χ2n) is 6.01. The molecule has 0 aliphatic carbocycles. The lowest BCUT2D eigenvalue weighted by atomic mass is 10.1. The topological polar surface area (TPSA) is 53.2 Å². The van der Waals surface area contributed by atoms with Crippen LogP contribution in [0.15, 0.2) is 30.3 Å². The van der Waals surface area contributed by atoms with Crippen molar-refractivity contribution in [1.82, 2.24) is 9.29 Å². The Bertz CT molecular complexity index is 934. The molecule has 0 saturated heterocycles. The predicted octanol–water partition coefficient (Wildman–Crippen LogP) is 3.46. The number of nitrogens with zero attached hydrogens (tertiary/aromatic N) is 1. The highest BCUT2D eigenvalue weighted by Crippen LogP contribution is 2.28. The molecule has 1 N–H and O–H groups in total. The number of hydrogen-bond acceptors (Lipinski definition) is 2. The second-order valence-corrected chi connectivity index (χ2v) is 7.92. The minimum absolute atomic E-state index is 0.146. The first-order valence-electron chi connectivity index (χ1n) is 7.78. The summed E-state index contributed by atoms with van der Waals surface area (Å²) in [7, 11) is -3.58. The zero-order chi connectivity index (χ0) is 19.5. The molecule has 26 heavy (non-hydrogen) atoms. The Morgan fingerprint density at radius 3 is 2.23 bits per heavy atom. The quantitative estimate of drug-likeness (QED) is 0.648. The molecule has 1 aromatic heterocycles. The zero-order valence-electron chi connectivity index (χ0n) is 14.6. The Morgan fingerprint density at radius 1 is 1.15 bits per heavy atom. The molecular weight excluding hydrogens is 365 g/mol. The summed E-state index contributed by atoms with van der Waals surface area (Å²) in [5.41, 5.74) is 2.47. The van der Waals surface area contributed by atoms with Crippen molar-refractivity contribution in [3.8, 4) is 12.0 Å². The molecule has 1 heterocycles. The van der Waals surface area contributed by atoms with Crippen molar-refractivity contribution in [1.29, 1.82) is 0 Å². The number of aromatic nitrogens is 1. The van der Waals surface area contributed by atoms with Crippen molar-refractivity contribution in [3.05, 3.63) is 58.4 Å². The van der Waals surface area contributed by atoms with Crippen LogP contribution in [0.5, 0.6) is 0 Å². The van der Waals surface area contributed by atoms with Crippen molar-refractivity contribution in [2.24, 2.45) is 0 Å². The fourth-order valence-electron chi connectivity index (χ4n) is 2.43. The predicted molar refractivity (Wildman–Crippen MR) is 93.8 cm³/mol. The van der Waals surface area contributed by atoms with E-state index >= 15 is 0 Å². The summed E-state index contributed by atoms with van der Waals surface area (Å²) >= 11 is 0. The van der Waals surface area contributed by atoms with Gasteiger partial charge in [0.15, 0.2) is 0 Å². The number of aryl methyl sites for hydroxylation is 2. The van der Waals surface area contributed by atoms with E-state index in [0.29, 0.717) is 12.0 Å². The number of alkyl halides is 3. The summed E-state index contributed by atoms with van der Waals surface area (Å²) in [5.74, 6) is 2.61. The molecule has 0 unspecified atom stereocenters. The molecule has 4 nitrogen and oxygen atoms in total. The van der Waals surface area contributed by atoms with Crippen LogP contribution in [-0.4, -0.2) is 30.5 Å². The highest BCUT2D eigenvalue weighted by atomic mass is 32.2. The summed E-state index contributed by atoms with van der Waals surface area (Å²) in [5, 5.41) is 0. The highest BCUT2D eigenvalue weighted by Gasteiger charge is 2.29. The van der Waals surface area contributed by atoms with Crippen LogP contribution < -0.4 is 0 Å². The minimum atomic E-state index is -4.42. The Balaban J connectivity index is 2.16. The molecule has 140 valence electrons. The van der Waals surface area contributed by atoms with Gasteiger partial charge in [-0.3, -0.25) is 0 Å². The summed E-state index contributed by atoms with van der Waals surface area (Å²) in [6.07, 6.45) is -2.92. The van der Waals surface area contributed by atoms with Crippen LogP contribution >= 0.6 is 0 Å². The number of H-pyrrole nitrogens is 1. The van der Waals surface area contributed by atoms with Gasteiger partial charge in [0.1, 0.15) is 0 Å². The van der Waals surface area contributed by atoms with Gasteiger partial charge in [0, 0.05) is 36.0 Å². The maximum atomic E-state index is 12.6. The molecule has 2 aromatic rings. The molecule has 0 aliphatic heterocycles. The molecule has 0 aliphatic rings. The number of sulfonamides is 1. The van der Waals surface area contributed by atoms with E-state index in [0.717, 1.165) is 39.6 Å². The average molecular weight is 384 g/mol. The molecular formula is C18H19F3N2O2S. The summed E-state index contributed by atoms with van der Waals surface area (Å²) < 4.78 is 62.5. The first-order chi connectivity index (χ1) is 12.0. The van der Waals surface area contributed by atoms with E-state index in [1.54, 1.807) is 0 Å². The Kier molecular flexibility index (Phi) is 5.71. The van der Waals surface area contributed by atoms with E-state index in [4.69, 9.17) is 0 Å². The van der Waals surface area contributed by atoms with Crippen molar-refractivity contribution in [2.75, 3.05) is 12.8 Å². The molecule has 8 heteroatoms. The number of nitrogens with one attached hydrogen (secondary N) is 1. The number of aromatic amines is 1. The van der Waals surface area contributed by atoms with Crippen LogP contribution in [0, 0.1) is 25.8 Å². The number of halogens is 3. The van der Waals surface area contributed by atoms with Crippen LogP contribution in [0.2, 0.25) is 0 Å². The van der Waals surface area contributed by atoms with Gasteiger partial charge in [-0.05, 0) is 55.7 Å². The molecule has 2 rings (SSSR count). The Hall–Kier alpha value is -2.40. The molecule has 0 atom stereocenters. The number of hydrogen-bond donors (Lipinski definition) is 1. The fourth-order valence-corrected chi connectivity index (χ4v) is 3.07. The lowest BCUT2D eigenvalue weighted by Gasteiger charge is -2.14.